The van der Waals surface area contributed by atoms with Crippen LogP contribution in [0.25, 0.3) is 0 Å². The number of nitrogens with one attached hydrogen (secondary N) is 1. The molecule has 2 saturated heterocycles. The summed E-state index contributed by atoms with van der Waals surface area (Å²) in [7, 11) is 0. The average molecular weight is 239 g/mol. The minimum Gasteiger partial charge on any atom is -0.338 e. The van der Waals surface area contributed by atoms with Crippen LogP contribution in [-0.4, -0.2) is 55.1 Å². The van der Waals surface area contributed by atoms with Gasteiger partial charge in [0.15, 0.2) is 0 Å². The molecule has 4 nitrogen and oxygen atoms in total. The first-order chi connectivity index (χ1) is 8.25. The van der Waals surface area contributed by atoms with Gasteiger partial charge in [0, 0.05) is 26.2 Å². The second-order valence-corrected chi connectivity index (χ2v) is 5.49. The van der Waals surface area contributed by atoms with E-state index in [2.05, 4.69) is 17.1 Å². The van der Waals surface area contributed by atoms with Crippen LogP contribution in [0, 0.1) is 5.92 Å². The van der Waals surface area contributed by atoms with Gasteiger partial charge in [0.05, 0.1) is 0 Å². The van der Waals surface area contributed by atoms with E-state index in [1.165, 1.54) is 25.9 Å². The van der Waals surface area contributed by atoms with Gasteiger partial charge in [-0.25, -0.2) is 4.79 Å². The Bertz CT molecular complexity index is 245. The first kappa shape index (κ1) is 12.7. The van der Waals surface area contributed by atoms with Crippen molar-refractivity contribution in [2.24, 2.45) is 5.92 Å². The standard InChI is InChI=1S/C13H25N3O/c1-12(11-15-6-2-3-7-15)10-14-13(17)16-8-4-5-9-16/h12H,2-11H2,1H3,(H,14,17). The predicted octanol–water partition coefficient (Wildman–Crippen LogP) is 1.52. The van der Waals surface area contributed by atoms with Gasteiger partial charge in [-0.2, -0.15) is 0 Å². The summed E-state index contributed by atoms with van der Waals surface area (Å²) in [5.41, 5.74) is 0. The van der Waals surface area contributed by atoms with Crippen molar-refractivity contribution >= 4 is 6.03 Å². The summed E-state index contributed by atoms with van der Waals surface area (Å²) in [4.78, 5) is 16.2. The monoisotopic (exact) mass is 239 g/mol. The van der Waals surface area contributed by atoms with Crippen LogP contribution < -0.4 is 5.32 Å². The molecule has 0 aromatic carbocycles. The third-order valence-electron chi connectivity index (χ3n) is 3.76. The second kappa shape index (κ2) is 6.24. The Morgan fingerprint density at radius 3 is 2.35 bits per heavy atom. The molecule has 98 valence electrons. The lowest BCUT2D eigenvalue weighted by Gasteiger charge is -2.22. The fourth-order valence-electron chi connectivity index (χ4n) is 2.76. The molecule has 1 N–H and O–H groups in total. The Labute approximate surface area is 104 Å². The Balaban J connectivity index is 1.61. The number of carbonyl (C=O) groups is 1. The zero-order valence-electron chi connectivity index (χ0n) is 11.0. The Hall–Kier alpha value is -0.770. The van der Waals surface area contributed by atoms with Gasteiger partial charge in [-0.05, 0) is 44.7 Å². The molecule has 2 amide bonds. The van der Waals surface area contributed by atoms with Crippen LogP contribution in [0.5, 0.6) is 0 Å². The maximum atomic E-state index is 11.8. The fourth-order valence-corrected chi connectivity index (χ4v) is 2.76. The first-order valence-corrected chi connectivity index (χ1v) is 7.01. The van der Waals surface area contributed by atoms with E-state index in [4.69, 9.17) is 0 Å². The summed E-state index contributed by atoms with van der Waals surface area (Å²) < 4.78 is 0. The van der Waals surface area contributed by atoms with Crippen molar-refractivity contribution in [3.63, 3.8) is 0 Å². The lowest BCUT2D eigenvalue weighted by molar-refractivity contribution is 0.204. The van der Waals surface area contributed by atoms with Crippen molar-refractivity contribution in [1.82, 2.24) is 15.1 Å². The van der Waals surface area contributed by atoms with Gasteiger partial charge in [-0.1, -0.05) is 6.92 Å². The number of likely N-dealkylation sites (tertiary alicyclic amines) is 2. The van der Waals surface area contributed by atoms with E-state index in [-0.39, 0.29) is 6.03 Å². The van der Waals surface area contributed by atoms with Crippen LogP contribution in [0.4, 0.5) is 4.79 Å². The summed E-state index contributed by atoms with van der Waals surface area (Å²) >= 11 is 0. The molecule has 0 bridgehead atoms. The minimum absolute atomic E-state index is 0.135. The molecule has 1 atom stereocenters. The first-order valence-electron chi connectivity index (χ1n) is 7.01. The van der Waals surface area contributed by atoms with Crippen LogP contribution in [0.15, 0.2) is 0 Å². The molecule has 2 aliphatic heterocycles. The van der Waals surface area contributed by atoms with Crippen LogP contribution in [0.2, 0.25) is 0 Å². The molecular weight excluding hydrogens is 214 g/mol. The quantitative estimate of drug-likeness (QED) is 0.807. The maximum Gasteiger partial charge on any atom is 0.317 e. The van der Waals surface area contributed by atoms with E-state index < -0.39 is 0 Å². The smallest absolute Gasteiger partial charge is 0.317 e. The van der Waals surface area contributed by atoms with Crippen molar-refractivity contribution in [1.29, 1.82) is 0 Å². The Morgan fingerprint density at radius 1 is 1.12 bits per heavy atom. The largest absolute Gasteiger partial charge is 0.338 e. The molecule has 0 radical (unpaired) electrons. The van der Waals surface area contributed by atoms with Crippen LogP contribution in [-0.2, 0) is 0 Å². The van der Waals surface area contributed by atoms with Crippen LogP contribution in [0.3, 0.4) is 0 Å². The second-order valence-electron chi connectivity index (χ2n) is 5.49. The highest BCUT2D eigenvalue weighted by molar-refractivity contribution is 5.74. The number of amides is 2. The number of urea groups is 1. The highest BCUT2D eigenvalue weighted by atomic mass is 16.2. The van der Waals surface area contributed by atoms with Crippen LogP contribution in [0.1, 0.15) is 32.6 Å². The van der Waals surface area contributed by atoms with E-state index in [1.807, 2.05) is 4.90 Å². The topological polar surface area (TPSA) is 35.6 Å². The molecule has 17 heavy (non-hydrogen) atoms. The lowest BCUT2D eigenvalue weighted by atomic mass is 10.1. The lowest BCUT2D eigenvalue weighted by Crippen LogP contribution is -2.41. The summed E-state index contributed by atoms with van der Waals surface area (Å²) in [6.45, 7) is 8.52. The number of nitrogens with zero attached hydrogens (tertiary/aromatic N) is 2. The SMILES string of the molecule is CC(CNC(=O)N1CCCC1)CN1CCCC1. The normalized spacial score (nSPS) is 23.0. The third-order valence-corrected chi connectivity index (χ3v) is 3.76. The average Bonchev–Trinajstić information content (AvgIpc) is 2.97. The zero-order chi connectivity index (χ0) is 12.1. The number of hydrogen-bond donors (Lipinski definition) is 1. The molecule has 4 heteroatoms. The minimum atomic E-state index is 0.135. The molecule has 0 aromatic heterocycles. The van der Waals surface area contributed by atoms with Gasteiger partial charge in [-0.3, -0.25) is 0 Å². The van der Waals surface area contributed by atoms with Crippen molar-refractivity contribution in [3.8, 4) is 0 Å². The van der Waals surface area contributed by atoms with Crippen molar-refractivity contribution < 1.29 is 4.79 Å². The summed E-state index contributed by atoms with van der Waals surface area (Å²) in [5.74, 6) is 0.555. The fraction of sp³-hybridized carbons (Fsp3) is 0.923. The van der Waals surface area contributed by atoms with E-state index in [1.54, 1.807) is 0 Å². The van der Waals surface area contributed by atoms with Crippen molar-refractivity contribution in [2.45, 2.75) is 32.6 Å². The van der Waals surface area contributed by atoms with E-state index in [9.17, 15) is 4.79 Å². The molecule has 2 aliphatic rings. The summed E-state index contributed by atoms with van der Waals surface area (Å²) in [5, 5.41) is 3.06. The van der Waals surface area contributed by atoms with Gasteiger partial charge >= 0.3 is 6.03 Å². The predicted molar refractivity (Wildman–Crippen MR) is 69.0 cm³/mol. The highest BCUT2D eigenvalue weighted by Crippen LogP contribution is 2.10. The molecule has 2 rings (SSSR count). The van der Waals surface area contributed by atoms with Crippen LogP contribution >= 0.6 is 0 Å². The van der Waals surface area contributed by atoms with Crippen molar-refractivity contribution in [3.05, 3.63) is 0 Å². The van der Waals surface area contributed by atoms with Gasteiger partial charge in [0.2, 0.25) is 0 Å². The Morgan fingerprint density at radius 2 is 1.71 bits per heavy atom. The molecule has 2 heterocycles. The number of rotatable bonds is 4. The van der Waals surface area contributed by atoms with Crippen molar-refractivity contribution in [2.75, 3.05) is 39.3 Å². The van der Waals surface area contributed by atoms with Gasteiger partial charge in [0.1, 0.15) is 0 Å². The molecule has 2 fully saturated rings. The number of hydrogen-bond acceptors (Lipinski definition) is 2. The highest BCUT2D eigenvalue weighted by Gasteiger charge is 2.19. The molecule has 0 aliphatic carbocycles. The van der Waals surface area contributed by atoms with E-state index >= 15 is 0 Å². The molecule has 0 spiro atoms. The summed E-state index contributed by atoms with van der Waals surface area (Å²) in [6.07, 6.45) is 5.01. The van der Waals surface area contributed by atoms with Gasteiger partial charge in [-0.15, -0.1) is 0 Å². The Kier molecular flexibility index (Phi) is 4.66. The molecule has 0 saturated carbocycles. The zero-order valence-corrected chi connectivity index (χ0v) is 11.0. The van der Waals surface area contributed by atoms with Gasteiger partial charge in [0.25, 0.3) is 0 Å². The molecule has 1 unspecified atom stereocenters. The molecule has 0 aromatic rings. The van der Waals surface area contributed by atoms with Gasteiger partial charge < -0.3 is 15.1 Å². The van der Waals surface area contributed by atoms with E-state index in [0.717, 1.165) is 39.0 Å². The third kappa shape index (κ3) is 3.87. The van der Waals surface area contributed by atoms with E-state index in [0.29, 0.717) is 5.92 Å². The number of carbonyl (C=O) groups excluding carboxylic acids is 1. The summed E-state index contributed by atoms with van der Waals surface area (Å²) in [6, 6.07) is 0.135. The maximum absolute atomic E-state index is 11.8. The molecular formula is C13H25N3O.